The number of hydrogen-bond acceptors (Lipinski definition) is 4. The molecule has 0 aliphatic rings. The van der Waals surface area contributed by atoms with Gasteiger partial charge in [0.15, 0.2) is 5.69 Å². The Bertz CT molecular complexity index is 635. The Labute approximate surface area is 116 Å². The maximum atomic E-state index is 11.8. The molecule has 2 heterocycles. The molecule has 18 heavy (non-hydrogen) atoms. The zero-order valence-electron chi connectivity index (χ0n) is 9.42. The summed E-state index contributed by atoms with van der Waals surface area (Å²) in [5, 5.41) is 11.1. The predicted octanol–water partition coefficient (Wildman–Crippen LogP) is 2.63. The Hall–Kier alpha value is -1.64. The number of pyridine rings is 1. The number of aromatic nitrogens is 1. The highest BCUT2D eigenvalue weighted by Crippen LogP contribution is 2.32. The van der Waals surface area contributed by atoms with Crippen LogP contribution in [0.3, 0.4) is 0 Å². The fourth-order valence-corrected chi connectivity index (χ4v) is 2.68. The third kappa shape index (κ3) is 1.94. The van der Waals surface area contributed by atoms with E-state index in [1.165, 1.54) is 4.40 Å². The van der Waals surface area contributed by atoms with E-state index in [-0.39, 0.29) is 18.0 Å². The highest BCUT2D eigenvalue weighted by atomic mass is 127. The van der Waals surface area contributed by atoms with Gasteiger partial charge in [0, 0.05) is 6.20 Å². The number of esters is 1. The number of nitrogens with zero attached hydrogens (tertiary/aromatic N) is 2. The molecule has 0 spiro atoms. The van der Waals surface area contributed by atoms with Crippen molar-refractivity contribution >= 4 is 39.8 Å². The van der Waals surface area contributed by atoms with Crippen LogP contribution in [-0.2, 0) is 4.74 Å². The van der Waals surface area contributed by atoms with Gasteiger partial charge in [0.25, 0.3) is 0 Å². The Morgan fingerprint density at radius 1 is 1.56 bits per heavy atom. The van der Waals surface area contributed by atoms with Crippen LogP contribution in [0.5, 0.6) is 0 Å². The fourth-order valence-electron chi connectivity index (χ4n) is 1.72. The smallest absolute Gasteiger partial charge is 0.356 e. The minimum atomic E-state index is -0.559. The lowest BCUT2D eigenvalue weighted by Crippen LogP contribution is -2.09. The first-order valence-electron chi connectivity index (χ1n) is 5.18. The Kier molecular flexibility index (Phi) is 3.50. The summed E-state index contributed by atoms with van der Waals surface area (Å²) in [7, 11) is 0. The molecule has 0 radical (unpaired) electrons. The summed E-state index contributed by atoms with van der Waals surface area (Å²) in [4.78, 5) is 22.4. The number of carbonyl (C=O) groups excluding carboxylic acids is 1. The van der Waals surface area contributed by atoms with E-state index in [0.29, 0.717) is 9.09 Å². The molecule has 0 aliphatic carbocycles. The molecule has 0 N–H and O–H groups in total. The normalized spacial score (nSPS) is 10.6. The standard InChI is InChI=1S/C11H9IN2O4/c1-2-18-11(15)10-8(12)9(14(16)17)7-5-3-4-6-13(7)10/h3-6H,2H2,1H3. The minimum absolute atomic E-state index is 0.0701. The minimum Gasteiger partial charge on any atom is -0.461 e. The molecule has 6 nitrogen and oxygen atoms in total. The molecule has 0 amide bonds. The highest BCUT2D eigenvalue weighted by molar-refractivity contribution is 14.1. The average Bonchev–Trinajstić information content (AvgIpc) is 2.61. The van der Waals surface area contributed by atoms with E-state index < -0.39 is 10.9 Å². The predicted molar refractivity (Wildman–Crippen MR) is 72.7 cm³/mol. The summed E-state index contributed by atoms with van der Waals surface area (Å²) in [6, 6.07) is 4.99. The van der Waals surface area contributed by atoms with Gasteiger partial charge in [-0.3, -0.25) is 10.1 Å². The number of rotatable bonds is 3. The Morgan fingerprint density at radius 2 is 2.28 bits per heavy atom. The van der Waals surface area contributed by atoms with Crippen LogP contribution in [0.25, 0.3) is 5.52 Å². The van der Waals surface area contributed by atoms with Gasteiger partial charge in [-0.15, -0.1) is 0 Å². The van der Waals surface area contributed by atoms with Gasteiger partial charge >= 0.3 is 11.7 Å². The molecule has 0 bridgehead atoms. The molecule has 0 atom stereocenters. The summed E-state index contributed by atoms with van der Waals surface area (Å²) < 4.78 is 6.70. The van der Waals surface area contributed by atoms with Gasteiger partial charge < -0.3 is 9.14 Å². The molecule has 0 fully saturated rings. The molecule has 0 saturated heterocycles. The van der Waals surface area contributed by atoms with Crippen molar-refractivity contribution in [3.63, 3.8) is 0 Å². The topological polar surface area (TPSA) is 73.8 Å². The van der Waals surface area contributed by atoms with Crippen LogP contribution >= 0.6 is 22.6 Å². The van der Waals surface area contributed by atoms with Crippen LogP contribution in [-0.4, -0.2) is 21.9 Å². The van der Waals surface area contributed by atoms with Crippen molar-refractivity contribution in [1.82, 2.24) is 4.40 Å². The van der Waals surface area contributed by atoms with Gasteiger partial charge in [-0.2, -0.15) is 0 Å². The van der Waals surface area contributed by atoms with Gasteiger partial charge in [-0.25, -0.2) is 4.79 Å². The van der Waals surface area contributed by atoms with Crippen LogP contribution < -0.4 is 0 Å². The quantitative estimate of drug-likeness (QED) is 0.365. The molecule has 0 aliphatic heterocycles. The van der Waals surface area contributed by atoms with Gasteiger partial charge in [0.1, 0.15) is 9.09 Å². The summed E-state index contributed by atoms with van der Waals surface area (Å²) in [5.74, 6) is -0.559. The van der Waals surface area contributed by atoms with Crippen LogP contribution in [0.1, 0.15) is 17.4 Å². The molecule has 0 unspecified atom stereocenters. The van der Waals surface area contributed by atoms with E-state index in [4.69, 9.17) is 4.74 Å². The number of halogens is 1. The van der Waals surface area contributed by atoms with Gasteiger partial charge in [0.05, 0.1) is 11.5 Å². The Balaban J connectivity index is 2.77. The van der Waals surface area contributed by atoms with Crippen LogP contribution in [0, 0.1) is 13.7 Å². The van der Waals surface area contributed by atoms with Gasteiger partial charge in [-0.05, 0) is 41.6 Å². The third-order valence-corrected chi connectivity index (χ3v) is 3.43. The van der Waals surface area contributed by atoms with Crippen molar-refractivity contribution in [2.45, 2.75) is 6.92 Å². The molecule has 0 aromatic carbocycles. The number of nitro groups is 1. The summed E-state index contributed by atoms with van der Waals surface area (Å²) >= 11 is 1.80. The largest absolute Gasteiger partial charge is 0.461 e. The van der Waals surface area contributed by atoms with Crippen molar-refractivity contribution in [1.29, 1.82) is 0 Å². The van der Waals surface area contributed by atoms with Crippen molar-refractivity contribution in [2.24, 2.45) is 0 Å². The first-order valence-corrected chi connectivity index (χ1v) is 6.25. The van der Waals surface area contributed by atoms with Crippen LogP contribution in [0.15, 0.2) is 24.4 Å². The Morgan fingerprint density at radius 3 is 2.89 bits per heavy atom. The SMILES string of the molecule is CCOC(=O)c1c(I)c([N+](=O)[O-])c2ccccn12. The maximum Gasteiger partial charge on any atom is 0.356 e. The molecule has 2 rings (SSSR count). The second-order valence-corrected chi connectivity index (χ2v) is 4.52. The van der Waals surface area contributed by atoms with Crippen molar-refractivity contribution < 1.29 is 14.5 Å². The number of fused-ring (bicyclic) bond motifs is 1. The molecule has 2 aromatic heterocycles. The van der Waals surface area contributed by atoms with E-state index in [2.05, 4.69) is 0 Å². The average molecular weight is 360 g/mol. The van der Waals surface area contributed by atoms with E-state index in [9.17, 15) is 14.9 Å². The summed E-state index contributed by atoms with van der Waals surface area (Å²) in [5.41, 5.74) is 0.508. The van der Waals surface area contributed by atoms with Crippen LogP contribution in [0.4, 0.5) is 5.69 Å². The van der Waals surface area contributed by atoms with Gasteiger partial charge in [0.2, 0.25) is 0 Å². The molecule has 94 valence electrons. The van der Waals surface area contributed by atoms with Crippen molar-refractivity contribution in [3.05, 3.63) is 43.8 Å². The molecular weight excluding hydrogens is 351 g/mol. The fraction of sp³-hybridized carbons (Fsp3) is 0.182. The molecule has 2 aromatic rings. The maximum absolute atomic E-state index is 11.8. The molecule has 7 heteroatoms. The zero-order chi connectivity index (χ0) is 13.3. The highest BCUT2D eigenvalue weighted by Gasteiger charge is 2.29. The lowest BCUT2D eigenvalue weighted by atomic mass is 10.3. The number of hydrogen-bond donors (Lipinski definition) is 0. The lowest BCUT2D eigenvalue weighted by molar-refractivity contribution is -0.383. The third-order valence-electron chi connectivity index (χ3n) is 2.41. The van der Waals surface area contributed by atoms with Crippen molar-refractivity contribution in [3.8, 4) is 0 Å². The summed E-state index contributed by atoms with van der Waals surface area (Å²) in [6.45, 7) is 1.91. The lowest BCUT2D eigenvalue weighted by Gasteiger charge is -2.01. The number of carbonyl (C=O) groups is 1. The van der Waals surface area contributed by atoms with Crippen LogP contribution in [0.2, 0.25) is 0 Å². The van der Waals surface area contributed by atoms with E-state index >= 15 is 0 Å². The monoisotopic (exact) mass is 360 g/mol. The first-order chi connectivity index (χ1) is 8.57. The summed E-state index contributed by atoms with van der Waals surface area (Å²) in [6.07, 6.45) is 1.61. The molecule has 0 saturated carbocycles. The van der Waals surface area contributed by atoms with Crippen molar-refractivity contribution in [2.75, 3.05) is 6.61 Å². The second kappa shape index (κ2) is 4.92. The van der Waals surface area contributed by atoms with E-state index in [1.807, 2.05) is 0 Å². The molecular formula is C11H9IN2O4. The first kappa shape index (κ1) is 12.8. The van der Waals surface area contributed by atoms with Gasteiger partial charge in [-0.1, -0.05) is 6.07 Å². The zero-order valence-corrected chi connectivity index (χ0v) is 11.6. The van der Waals surface area contributed by atoms with E-state index in [0.717, 1.165) is 0 Å². The van der Waals surface area contributed by atoms with E-state index in [1.54, 1.807) is 53.9 Å². The second-order valence-electron chi connectivity index (χ2n) is 3.44. The number of ether oxygens (including phenoxy) is 1.